The first-order valence-corrected chi connectivity index (χ1v) is 13.7. The molecule has 8 heteroatoms. The number of aromatic nitrogens is 1. The van der Waals surface area contributed by atoms with E-state index in [1.807, 2.05) is 12.1 Å². The van der Waals surface area contributed by atoms with Crippen LogP contribution in [0.5, 0.6) is 0 Å². The highest BCUT2D eigenvalue weighted by Crippen LogP contribution is 2.27. The molecular formula is C25H36N4O3S. The number of hydrogen-bond donors (Lipinski definition) is 1. The van der Waals surface area contributed by atoms with E-state index in [4.69, 9.17) is 4.98 Å². The summed E-state index contributed by atoms with van der Waals surface area (Å²) in [6, 6.07) is 9.09. The van der Waals surface area contributed by atoms with Gasteiger partial charge in [0.15, 0.2) is 0 Å². The van der Waals surface area contributed by atoms with Crippen molar-refractivity contribution in [1.29, 1.82) is 0 Å². The predicted molar refractivity (Wildman–Crippen MR) is 132 cm³/mol. The molecule has 1 atom stereocenters. The van der Waals surface area contributed by atoms with E-state index in [2.05, 4.69) is 24.1 Å². The quantitative estimate of drug-likeness (QED) is 0.663. The Labute approximate surface area is 197 Å². The number of rotatable bonds is 7. The van der Waals surface area contributed by atoms with Crippen LogP contribution in [0.4, 0.5) is 5.82 Å². The summed E-state index contributed by atoms with van der Waals surface area (Å²) in [6.45, 7) is 7.77. The monoisotopic (exact) mass is 472 g/mol. The highest BCUT2D eigenvalue weighted by Gasteiger charge is 2.28. The molecule has 4 rings (SSSR count). The van der Waals surface area contributed by atoms with Crippen molar-refractivity contribution in [3.05, 3.63) is 30.3 Å². The van der Waals surface area contributed by atoms with E-state index >= 15 is 0 Å². The Morgan fingerprint density at radius 2 is 1.88 bits per heavy atom. The van der Waals surface area contributed by atoms with Crippen LogP contribution in [0, 0.1) is 11.8 Å². The van der Waals surface area contributed by atoms with Gasteiger partial charge in [0.1, 0.15) is 5.82 Å². The third-order valence-electron chi connectivity index (χ3n) is 6.74. The lowest BCUT2D eigenvalue weighted by atomic mass is 9.97. The number of anilines is 1. The normalized spacial score (nSPS) is 20.3. The van der Waals surface area contributed by atoms with Crippen LogP contribution < -0.4 is 10.2 Å². The summed E-state index contributed by atoms with van der Waals surface area (Å²) in [7, 11) is -3.46. The number of piperidine rings is 2. The standard InChI is InChI=1S/C25H36N4O3S/c1-19(2)12-13-26-25(30)21-7-6-14-28(18-21)24-11-8-20-17-22(9-10-23(20)27-24)33(31,32)29-15-4-3-5-16-29/h8-11,17,19,21H,3-7,12-16,18H2,1-2H3,(H,26,30). The fourth-order valence-electron chi connectivity index (χ4n) is 4.71. The molecule has 2 fully saturated rings. The molecule has 0 spiro atoms. The molecule has 0 radical (unpaired) electrons. The third-order valence-corrected chi connectivity index (χ3v) is 8.63. The van der Waals surface area contributed by atoms with Crippen molar-refractivity contribution in [2.75, 3.05) is 37.6 Å². The van der Waals surface area contributed by atoms with Gasteiger partial charge in [-0.1, -0.05) is 20.3 Å². The van der Waals surface area contributed by atoms with E-state index in [1.165, 1.54) is 0 Å². The second-order valence-electron chi connectivity index (χ2n) is 9.75. The topological polar surface area (TPSA) is 82.6 Å². The summed E-state index contributed by atoms with van der Waals surface area (Å²) in [5.74, 6) is 1.52. The maximum absolute atomic E-state index is 13.0. The average Bonchev–Trinajstić information content (AvgIpc) is 2.83. The number of carbonyl (C=O) groups excluding carboxylic acids is 1. The largest absolute Gasteiger partial charge is 0.356 e. The summed E-state index contributed by atoms with van der Waals surface area (Å²) < 4.78 is 27.6. The fourth-order valence-corrected chi connectivity index (χ4v) is 6.26. The molecular weight excluding hydrogens is 436 g/mol. The van der Waals surface area contributed by atoms with Crippen molar-refractivity contribution in [3.8, 4) is 0 Å². The van der Waals surface area contributed by atoms with E-state index < -0.39 is 10.0 Å². The number of benzene rings is 1. The molecule has 180 valence electrons. The van der Waals surface area contributed by atoms with Gasteiger partial charge in [-0.25, -0.2) is 13.4 Å². The van der Waals surface area contributed by atoms with Gasteiger partial charge in [-0.2, -0.15) is 4.31 Å². The molecule has 1 unspecified atom stereocenters. The van der Waals surface area contributed by atoms with Gasteiger partial charge in [0.25, 0.3) is 0 Å². The lowest BCUT2D eigenvalue weighted by Gasteiger charge is -2.33. The van der Waals surface area contributed by atoms with Crippen LogP contribution >= 0.6 is 0 Å². The first-order valence-electron chi connectivity index (χ1n) is 12.3. The zero-order valence-electron chi connectivity index (χ0n) is 19.8. The lowest BCUT2D eigenvalue weighted by Crippen LogP contribution is -2.43. The van der Waals surface area contributed by atoms with E-state index in [0.29, 0.717) is 30.4 Å². The van der Waals surface area contributed by atoms with E-state index in [0.717, 1.165) is 68.3 Å². The van der Waals surface area contributed by atoms with Crippen LogP contribution in [0.3, 0.4) is 0 Å². The molecule has 7 nitrogen and oxygen atoms in total. The molecule has 33 heavy (non-hydrogen) atoms. The van der Waals surface area contributed by atoms with Crippen LogP contribution in [-0.2, 0) is 14.8 Å². The van der Waals surface area contributed by atoms with Crippen molar-refractivity contribution in [2.45, 2.75) is 57.3 Å². The second kappa shape index (κ2) is 10.4. The summed E-state index contributed by atoms with van der Waals surface area (Å²) in [5.41, 5.74) is 0.772. The number of nitrogens with zero attached hydrogens (tertiary/aromatic N) is 3. The molecule has 1 aromatic carbocycles. The van der Waals surface area contributed by atoms with Crippen molar-refractivity contribution in [2.24, 2.45) is 11.8 Å². The van der Waals surface area contributed by atoms with Crippen molar-refractivity contribution < 1.29 is 13.2 Å². The predicted octanol–water partition coefficient (Wildman–Crippen LogP) is 3.79. The van der Waals surface area contributed by atoms with Crippen LogP contribution in [0.2, 0.25) is 0 Å². The maximum Gasteiger partial charge on any atom is 0.243 e. The lowest BCUT2D eigenvalue weighted by molar-refractivity contribution is -0.125. The third kappa shape index (κ3) is 5.66. The van der Waals surface area contributed by atoms with Gasteiger partial charge in [0.2, 0.25) is 15.9 Å². The SMILES string of the molecule is CC(C)CCNC(=O)C1CCCN(c2ccc3cc(S(=O)(=O)N4CCCCC4)ccc3n2)C1. The van der Waals surface area contributed by atoms with E-state index in [-0.39, 0.29) is 11.8 Å². The highest BCUT2D eigenvalue weighted by molar-refractivity contribution is 7.89. The molecule has 2 aromatic rings. The molecule has 0 saturated carbocycles. The molecule has 1 amide bonds. The summed E-state index contributed by atoms with van der Waals surface area (Å²) in [6.07, 6.45) is 5.77. The van der Waals surface area contributed by atoms with Crippen molar-refractivity contribution in [3.63, 3.8) is 0 Å². The smallest absolute Gasteiger partial charge is 0.243 e. The Bertz CT molecular complexity index is 1080. The summed E-state index contributed by atoms with van der Waals surface area (Å²) in [5, 5.41) is 3.90. The van der Waals surface area contributed by atoms with Gasteiger partial charge >= 0.3 is 0 Å². The number of hydrogen-bond acceptors (Lipinski definition) is 5. The first kappa shape index (κ1) is 24.0. The molecule has 1 aromatic heterocycles. The number of sulfonamides is 1. The zero-order valence-corrected chi connectivity index (χ0v) is 20.6. The number of pyridine rings is 1. The number of carbonyl (C=O) groups is 1. The Morgan fingerprint density at radius 3 is 2.64 bits per heavy atom. The minimum absolute atomic E-state index is 0.0273. The van der Waals surface area contributed by atoms with Crippen LogP contribution in [-0.4, -0.2) is 56.3 Å². The average molecular weight is 473 g/mol. The highest BCUT2D eigenvalue weighted by atomic mass is 32.2. The van der Waals surface area contributed by atoms with Gasteiger partial charge < -0.3 is 10.2 Å². The van der Waals surface area contributed by atoms with Crippen LogP contribution in [0.1, 0.15) is 52.4 Å². The second-order valence-corrected chi connectivity index (χ2v) is 11.7. The molecule has 2 aliphatic heterocycles. The Balaban J connectivity index is 1.46. The molecule has 1 N–H and O–H groups in total. The van der Waals surface area contributed by atoms with Crippen LogP contribution in [0.15, 0.2) is 35.2 Å². The van der Waals surface area contributed by atoms with Gasteiger partial charge in [-0.05, 0) is 68.4 Å². The molecule has 2 aliphatic rings. The van der Waals surface area contributed by atoms with E-state index in [9.17, 15) is 13.2 Å². The van der Waals surface area contributed by atoms with Gasteiger partial charge in [-0.3, -0.25) is 4.79 Å². The van der Waals surface area contributed by atoms with Gasteiger partial charge in [0, 0.05) is 38.1 Å². The Kier molecular flexibility index (Phi) is 7.54. The number of fused-ring (bicyclic) bond motifs is 1. The minimum atomic E-state index is -3.46. The Hall–Kier alpha value is -2.19. The van der Waals surface area contributed by atoms with E-state index in [1.54, 1.807) is 22.5 Å². The number of amides is 1. The number of nitrogens with one attached hydrogen (secondary N) is 1. The van der Waals surface area contributed by atoms with Gasteiger partial charge in [0.05, 0.1) is 16.3 Å². The maximum atomic E-state index is 13.0. The molecule has 2 saturated heterocycles. The molecule has 0 aliphatic carbocycles. The van der Waals surface area contributed by atoms with Crippen molar-refractivity contribution >= 4 is 32.7 Å². The fraction of sp³-hybridized carbons (Fsp3) is 0.600. The first-order chi connectivity index (χ1) is 15.8. The van der Waals surface area contributed by atoms with Crippen LogP contribution in [0.25, 0.3) is 10.9 Å². The zero-order chi connectivity index (χ0) is 23.4. The minimum Gasteiger partial charge on any atom is -0.356 e. The Morgan fingerprint density at radius 1 is 1.09 bits per heavy atom. The summed E-state index contributed by atoms with van der Waals surface area (Å²) >= 11 is 0. The van der Waals surface area contributed by atoms with Gasteiger partial charge in [-0.15, -0.1) is 0 Å². The molecule has 3 heterocycles. The molecule has 0 bridgehead atoms. The summed E-state index contributed by atoms with van der Waals surface area (Å²) in [4.78, 5) is 19.9. The van der Waals surface area contributed by atoms with Crippen molar-refractivity contribution in [1.82, 2.24) is 14.6 Å².